The first-order chi connectivity index (χ1) is 7.59. The minimum absolute atomic E-state index is 0.342. The van der Waals surface area contributed by atoms with Crippen LogP contribution in [0.2, 0.25) is 0 Å². The van der Waals surface area contributed by atoms with Crippen molar-refractivity contribution in [3.8, 4) is 0 Å². The van der Waals surface area contributed by atoms with Crippen LogP contribution in [0.5, 0.6) is 0 Å². The summed E-state index contributed by atoms with van der Waals surface area (Å²) in [7, 11) is 0. The van der Waals surface area contributed by atoms with Gasteiger partial charge in [0.2, 0.25) is 0 Å². The Morgan fingerprint density at radius 3 is 2.56 bits per heavy atom. The molecular weight excluding hydrogens is 224 g/mol. The van der Waals surface area contributed by atoms with Crippen molar-refractivity contribution in [1.29, 1.82) is 0 Å². The van der Waals surface area contributed by atoms with Crippen LogP contribution in [-0.4, -0.2) is 18.4 Å². The van der Waals surface area contributed by atoms with Crippen LogP contribution in [0.15, 0.2) is 17.5 Å². The van der Waals surface area contributed by atoms with Gasteiger partial charge in [-0.2, -0.15) is 0 Å². The molecule has 0 unspecified atom stereocenters. The van der Waals surface area contributed by atoms with Gasteiger partial charge in [-0.1, -0.05) is 19.9 Å². The smallest absolute Gasteiger partial charge is 0.309 e. The maximum atomic E-state index is 11.3. The van der Waals surface area contributed by atoms with Crippen LogP contribution >= 0.6 is 11.3 Å². The van der Waals surface area contributed by atoms with E-state index in [1.54, 1.807) is 11.3 Å². The highest BCUT2D eigenvalue weighted by Crippen LogP contribution is 2.06. The lowest BCUT2D eigenvalue weighted by Gasteiger charge is -2.07. The molecule has 1 heterocycles. The van der Waals surface area contributed by atoms with Crippen LogP contribution in [0.25, 0.3) is 0 Å². The molecule has 16 heavy (non-hydrogen) atoms. The Morgan fingerprint density at radius 1 is 1.31 bits per heavy atom. The lowest BCUT2D eigenvalue weighted by Crippen LogP contribution is -2.40. The molecule has 0 aromatic carbocycles. The van der Waals surface area contributed by atoms with Gasteiger partial charge < -0.3 is 10.6 Å². The number of rotatable bonds is 4. The molecule has 2 amide bonds. The third-order valence-electron chi connectivity index (χ3n) is 1.88. The minimum atomic E-state index is -0.575. The molecule has 0 bridgehead atoms. The van der Waals surface area contributed by atoms with Crippen LogP contribution in [-0.2, 0) is 16.1 Å². The monoisotopic (exact) mass is 240 g/mol. The van der Waals surface area contributed by atoms with Gasteiger partial charge in [0.15, 0.2) is 0 Å². The van der Waals surface area contributed by atoms with E-state index in [4.69, 9.17) is 0 Å². The second kappa shape index (κ2) is 6.27. The molecule has 4 nitrogen and oxygen atoms in total. The largest absolute Gasteiger partial charge is 0.348 e. The van der Waals surface area contributed by atoms with Crippen molar-refractivity contribution in [1.82, 2.24) is 10.6 Å². The van der Waals surface area contributed by atoms with Crippen molar-refractivity contribution in [3.63, 3.8) is 0 Å². The zero-order valence-corrected chi connectivity index (χ0v) is 10.3. The van der Waals surface area contributed by atoms with E-state index < -0.39 is 11.8 Å². The second-order valence-electron chi connectivity index (χ2n) is 3.87. The van der Waals surface area contributed by atoms with E-state index in [9.17, 15) is 9.59 Å². The van der Waals surface area contributed by atoms with Crippen LogP contribution in [0, 0.1) is 5.92 Å². The average Bonchev–Trinajstić information content (AvgIpc) is 2.75. The van der Waals surface area contributed by atoms with Crippen molar-refractivity contribution in [2.24, 2.45) is 5.92 Å². The molecule has 2 N–H and O–H groups in total. The normalized spacial score (nSPS) is 10.2. The summed E-state index contributed by atoms with van der Waals surface area (Å²) in [6, 6.07) is 3.82. The molecule has 0 spiro atoms. The summed E-state index contributed by atoms with van der Waals surface area (Å²) in [5.74, 6) is -0.798. The number of thiophene rings is 1. The number of amides is 2. The van der Waals surface area contributed by atoms with Crippen LogP contribution in [0.1, 0.15) is 18.7 Å². The summed E-state index contributed by atoms with van der Waals surface area (Å²) < 4.78 is 0. The Bertz CT molecular complexity index is 347. The zero-order valence-electron chi connectivity index (χ0n) is 9.45. The van der Waals surface area contributed by atoms with Crippen molar-refractivity contribution in [3.05, 3.63) is 22.4 Å². The number of hydrogen-bond donors (Lipinski definition) is 2. The van der Waals surface area contributed by atoms with Gasteiger partial charge in [-0.15, -0.1) is 11.3 Å². The molecule has 1 aromatic heterocycles. The Morgan fingerprint density at radius 2 is 2.00 bits per heavy atom. The molecule has 0 saturated heterocycles. The summed E-state index contributed by atoms with van der Waals surface area (Å²) in [5, 5.41) is 7.06. The minimum Gasteiger partial charge on any atom is -0.348 e. The van der Waals surface area contributed by atoms with Gasteiger partial charge in [0.1, 0.15) is 0 Å². The number of carbonyl (C=O) groups excluding carboxylic acids is 2. The fraction of sp³-hybridized carbons (Fsp3) is 0.455. The van der Waals surface area contributed by atoms with Crippen LogP contribution < -0.4 is 10.6 Å². The highest BCUT2D eigenvalue weighted by atomic mass is 32.1. The molecule has 1 aromatic rings. The van der Waals surface area contributed by atoms with E-state index >= 15 is 0 Å². The standard InChI is InChI=1S/C11H16N2O2S/c1-8(2)6-12-10(14)11(15)13-7-9-4-3-5-16-9/h3-5,8H,6-7H2,1-2H3,(H,12,14)(H,13,15). The quantitative estimate of drug-likeness (QED) is 0.775. The summed E-state index contributed by atoms with van der Waals surface area (Å²) in [6.07, 6.45) is 0. The Balaban J connectivity index is 2.26. The maximum Gasteiger partial charge on any atom is 0.309 e. The molecule has 0 aliphatic rings. The van der Waals surface area contributed by atoms with Gasteiger partial charge in [-0.3, -0.25) is 9.59 Å². The first kappa shape index (κ1) is 12.7. The van der Waals surface area contributed by atoms with Crippen molar-refractivity contribution >= 4 is 23.2 Å². The molecule has 0 saturated carbocycles. The first-order valence-corrected chi connectivity index (χ1v) is 6.06. The summed E-state index contributed by atoms with van der Waals surface area (Å²) in [4.78, 5) is 23.7. The average molecular weight is 240 g/mol. The van der Waals surface area contributed by atoms with Gasteiger partial charge >= 0.3 is 11.8 Å². The van der Waals surface area contributed by atoms with Crippen molar-refractivity contribution in [2.45, 2.75) is 20.4 Å². The van der Waals surface area contributed by atoms with E-state index in [1.807, 2.05) is 31.4 Å². The first-order valence-electron chi connectivity index (χ1n) is 5.18. The summed E-state index contributed by atoms with van der Waals surface area (Å²) in [5.41, 5.74) is 0. The van der Waals surface area contributed by atoms with Crippen LogP contribution in [0.4, 0.5) is 0 Å². The lowest BCUT2D eigenvalue weighted by atomic mass is 10.2. The second-order valence-corrected chi connectivity index (χ2v) is 4.90. The molecule has 0 aliphatic heterocycles. The number of carbonyl (C=O) groups is 2. The SMILES string of the molecule is CC(C)CNC(=O)C(=O)NCc1cccs1. The van der Waals surface area contributed by atoms with E-state index in [0.717, 1.165) is 4.88 Å². The zero-order chi connectivity index (χ0) is 12.0. The maximum absolute atomic E-state index is 11.3. The van der Waals surface area contributed by atoms with Gasteiger partial charge in [0, 0.05) is 11.4 Å². The molecule has 88 valence electrons. The highest BCUT2D eigenvalue weighted by molar-refractivity contribution is 7.09. The fourth-order valence-corrected chi connectivity index (χ4v) is 1.68. The van der Waals surface area contributed by atoms with Gasteiger partial charge in [0.05, 0.1) is 6.54 Å². The molecule has 0 aliphatic carbocycles. The van der Waals surface area contributed by atoms with Crippen molar-refractivity contribution in [2.75, 3.05) is 6.54 Å². The molecule has 1 rings (SSSR count). The lowest BCUT2D eigenvalue weighted by molar-refractivity contribution is -0.139. The Labute approximate surface area is 99.0 Å². The Kier molecular flexibility index (Phi) is 4.98. The summed E-state index contributed by atoms with van der Waals surface area (Å²) >= 11 is 1.55. The van der Waals surface area contributed by atoms with E-state index in [0.29, 0.717) is 19.0 Å². The van der Waals surface area contributed by atoms with Crippen molar-refractivity contribution < 1.29 is 9.59 Å². The molecule has 0 atom stereocenters. The fourth-order valence-electron chi connectivity index (χ4n) is 1.04. The van der Waals surface area contributed by atoms with Gasteiger partial charge in [-0.05, 0) is 17.4 Å². The number of nitrogens with one attached hydrogen (secondary N) is 2. The molecule has 0 fully saturated rings. The van der Waals surface area contributed by atoms with E-state index in [-0.39, 0.29) is 0 Å². The Hall–Kier alpha value is -1.36. The molecule has 5 heteroatoms. The number of hydrogen-bond acceptors (Lipinski definition) is 3. The van der Waals surface area contributed by atoms with E-state index in [1.165, 1.54) is 0 Å². The van der Waals surface area contributed by atoms with Gasteiger partial charge in [0.25, 0.3) is 0 Å². The molecular formula is C11H16N2O2S. The summed E-state index contributed by atoms with van der Waals surface area (Å²) in [6.45, 7) is 4.88. The van der Waals surface area contributed by atoms with E-state index in [2.05, 4.69) is 10.6 Å². The third-order valence-corrected chi connectivity index (χ3v) is 2.76. The topological polar surface area (TPSA) is 58.2 Å². The third kappa shape index (κ3) is 4.44. The molecule has 0 radical (unpaired) electrons. The highest BCUT2D eigenvalue weighted by Gasteiger charge is 2.12. The van der Waals surface area contributed by atoms with Crippen LogP contribution in [0.3, 0.4) is 0 Å². The predicted molar refractivity (Wildman–Crippen MR) is 64.0 cm³/mol. The van der Waals surface area contributed by atoms with Gasteiger partial charge in [-0.25, -0.2) is 0 Å². The predicted octanol–water partition coefficient (Wildman–Crippen LogP) is 1.14.